The maximum absolute atomic E-state index is 9.90. The fourth-order valence-electron chi connectivity index (χ4n) is 1.77. The molecule has 0 amide bonds. The molecule has 0 unspecified atom stereocenters. The molecule has 0 aliphatic rings. The lowest BCUT2D eigenvalue weighted by molar-refractivity contribution is 0.120. The first kappa shape index (κ1) is 12.0. The lowest BCUT2D eigenvalue weighted by Crippen LogP contribution is -2.20. The van der Waals surface area contributed by atoms with E-state index in [-0.39, 0.29) is 12.0 Å². The monoisotopic (exact) mass is 204 g/mol. The molecule has 0 aliphatic carbocycles. The van der Waals surface area contributed by atoms with Crippen LogP contribution in [0, 0.1) is 5.92 Å². The lowest BCUT2D eigenvalue weighted by atomic mass is 9.92. The number of aliphatic hydroxyl groups is 1. The van der Waals surface area contributed by atoms with E-state index in [4.69, 9.17) is 0 Å². The van der Waals surface area contributed by atoms with Gasteiger partial charge in [-0.25, -0.2) is 0 Å². The largest absolute Gasteiger partial charge is 0.393 e. The van der Waals surface area contributed by atoms with Crippen molar-refractivity contribution >= 4 is 0 Å². The molecule has 1 nitrogen and oxygen atoms in total. The molecule has 0 aliphatic heterocycles. The summed E-state index contributed by atoms with van der Waals surface area (Å²) in [5.74, 6) is 0.173. The van der Waals surface area contributed by atoms with Crippen LogP contribution < -0.4 is 0 Å². The van der Waals surface area contributed by atoms with Gasteiger partial charge >= 0.3 is 0 Å². The number of hydrogen-bond donors (Lipinski definition) is 1. The summed E-state index contributed by atoms with van der Waals surface area (Å²) in [6.07, 6.45) is 4.36. The minimum atomic E-state index is -0.257. The Morgan fingerprint density at radius 2 is 2.00 bits per heavy atom. The molecule has 1 aromatic rings. The summed E-state index contributed by atoms with van der Waals surface area (Å²) in [5.41, 5.74) is 1.26. The number of benzene rings is 1. The third-order valence-corrected chi connectivity index (χ3v) is 2.70. The molecule has 1 rings (SSSR count). The van der Waals surface area contributed by atoms with E-state index in [0.717, 1.165) is 19.3 Å². The number of rotatable bonds is 6. The quantitative estimate of drug-likeness (QED) is 0.705. The molecule has 0 spiro atoms. The Morgan fingerprint density at radius 1 is 1.33 bits per heavy atom. The standard InChI is InChI=1S/C14H20O/c1-3-8-14(15)13(4-2)11-12-9-6-5-7-10-12/h4-7,9-10,13-15H,2-3,8,11H2,1H3/t13-,14+/m1/s1. The van der Waals surface area contributed by atoms with Crippen molar-refractivity contribution in [2.24, 2.45) is 5.92 Å². The molecule has 0 fully saturated rings. The average molecular weight is 204 g/mol. The summed E-state index contributed by atoms with van der Waals surface area (Å²) < 4.78 is 0. The highest BCUT2D eigenvalue weighted by atomic mass is 16.3. The third-order valence-electron chi connectivity index (χ3n) is 2.70. The summed E-state index contributed by atoms with van der Waals surface area (Å²) in [4.78, 5) is 0. The van der Waals surface area contributed by atoms with E-state index in [1.165, 1.54) is 5.56 Å². The second kappa shape index (κ2) is 6.41. The molecule has 2 atom stereocenters. The van der Waals surface area contributed by atoms with Crippen LogP contribution in [0.2, 0.25) is 0 Å². The Labute approximate surface area is 92.5 Å². The van der Waals surface area contributed by atoms with E-state index < -0.39 is 0 Å². The Kier molecular flexibility index (Phi) is 5.13. The minimum absolute atomic E-state index is 0.173. The molecular weight excluding hydrogens is 184 g/mol. The summed E-state index contributed by atoms with van der Waals surface area (Å²) in [7, 11) is 0. The highest BCUT2D eigenvalue weighted by Gasteiger charge is 2.15. The van der Waals surface area contributed by atoms with E-state index in [1.807, 2.05) is 24.3 Å². The van der Waals surface area contributed by atoms with Crippen molar-refractivity contribution in [2.75, 3.05) is 0 Å². The second-order valence-electron chi connectivity index (χ2n) is 3.95. The number of aliphatic hydroxyl groups excluding tert-OH is 1. The smallest absolute Gasteiger partial charge is 0.0605 e. The lowest BCUT2D eigenvalue weighted by Gasteiger charge is -2.19. The van der Waals surface area contributed by atoms with Crippen LogP contribution in [-0.4, -0.2) is 11.2 Å². The fraction of sp³-hybridized carbons (Fsp3) is 0.429. The Bertz CT molecular complexity index is 279. The molecule has 82 valence electrons. The molecular formula is C14H20O. The molecule has 0 saturated carbocycles. The van der Waals surface area contributed by atoms with E-state index in [2.05, 4.69) is 25.6 Å². The van der Waals surface area contributed by atoms with Crippen molar-refractivity contribution in [3.05, 3.63) is 48.6 Å². The Hall–Kier alpha value is -1.08. The van der Waals surface area contributed by atoms with Gasteiger partial charge in [0.1, 0.15) is 0 Å². The highest BCUT2D eigenvalue weighted by molar-refractivity contribution is 5.16. The van der Waals surface area contributed by atoms with Crippen LogP contribution in [0.25, 0.3) is 0 Å². The van der Waals surface area contributed by atoms with Gasteiger partial charge in [-0.2, -0.15) is 0 Å². The first-order chi connectivity index (χ1) is 7.27. The van der Waals surface area contributed by atoms with Gasteiger partial charge in [0, 0.05) is 5.92 Å². The minimum Gasteiger partial charge on any atom is -0.393 e. The van der Waals surface area contributed by atoms with Crippen molar-refractivity contribution in [1.82, 2.24) is 0 Å². The topological polar surface area (TPSA) is 20.2 Å². The van der Waals surface area contributed by atoms with E-state index >= 15 is 0 Å². The van der Waals surface area contributed by atoms with Crippen LogP contribution >= 0.6 is 0 Å². The van der Waals surface area contributed by atoms with Gasteiger partial charge in [-0.05, 0) is 18.4 Å². The molecule has 0 saturated heterocycles. The van der Waals surface area contributed by atoms with Gasteiger partial charge in [0.2, 0.25) is 0 Å². The molecule has 1 aromatic carbocycles. The first-order valence-electron chi connectivity index (χ1n) is 5.62. The zero-order valence-electron chi connectivity index (χ0n) is 9.39. The average Bonchev–Trinajstić information content (AvgIpc) is 2.27. The van der Waals surface area contributed by atoms with E-state index in [0.29, 0.717) is 0 Å². The Morgan fingerprint density at radius 3 is 2.53 bits per heavy atom. The summed E-state index contributed by atoms with van der Waals surface area (Å²) in [6, 6.07) is 10.3. The molecule has 1 N–H and O–H groups in total. The van der Waals surface area contributed by atoms with Crippen LogP contribution in [0.15, 0.2) is 43.0 Å². The van der Waals surface area contributed by atoms with Crippen molar-refractivity contribution in [3.8, 4) is 0 Å². The second-order valence-corrected chi connectivity index (χ2v) is 3.95. The molecule has 0 radical (unpaired) electrons. The zero-order valence-corrected chi connectivity index (χ0v) is 9.39. The van der Waals surface area contributed by atoms with Crippen molar-refractivity contribution in [3.63, 3.8) is 0 Å². The SMILES string of the molecule is C=C[C@H](Cc1ccccc1)[C@@H](O)CCC. The third kappa shape index (κ3) is 3.88. The summed E-state index contributed by atoms with van der Waals surface area (Å²) in [5, 5.41) is 9.90. The van der Waals surface area contributed by atoms with Crippen molar-refractivity contribution in [1.29, 1.82) is 0 Å². The summed E-state index contributed by atoms with van der Waals surface area (Å²) >= 11 is 0. The van der Waals surface area contributed by atoms with Crippen LogP contribution in [0.1, 0.15) is 25.3 Å². The predicted octanol–water partition coefficient (Wildman–Crippen LogP) is 3.19. The van der Waals surface area contributed by atoms with Crippen molar-refractivity contribution in [2.45, 2.75) is 32.3 Å². The molecule has 15 heavy (non-hydrogen) atoms. The van der Waals surface area contributed by atoms with Gasteiger partial charge in [0.25, 0.3) is 0 Å². The van der Waals surface area contributed by atoms with Crippen LogP contribution in [-0.2, 0) is 6.42 Å². The van der Waals surface area contributed by atoms with Gasteiger partial charge in [-0.3, -0.25) is 0 Å². The van der Waals surface area contributed by atoms with E-state index in [9.17, 15) is 5.11 Å². The predicted molar refractivity (Wildman–Crippen MR) is 64.7 cm³/mol. The fourth-order valence-corrected chi connectivity index (χ4v) is 1.77. The maximum atomic E-state index is 9.90. The van der Waals surface area contributed by atoms with Gasteiger partial charge in [0.15, 0.2) is 0 Å². The van der Waals surface area contributed by atoms with Crippen LogP contribution in [0.4, 0.5) is 0 Å². The van der Waals surface area contributed by atoms with Gasteiger partial charge < -0.3 is 5.11 Å². The highest BCUT2D eigenvalue weighted by Crippen LogP contribution is 2.16. The normalized spacial score (nSPS) is 14.5. The maximum Gasteiger partial charge on any atom is 0.0605 e. The van der Waals surface area contributed by atoms with Gasteiger partial charge in [-0.15, -0.1) is 6.58 Å². The summed E-state index contributed by atoms with van der Waals surface area (Å²) in [6.45, 7) is 5.89. The van der Waals surface area contributed by atoms with E-state index in [1.54, 1.807) is 0 Å². The molecule has 1 heteroatoms. The Balaban J connectivity index is 2.57. The van der Waals surface area contributed by atoms with Crippen LogP contribution in [0.5, 0.6) is 0 Å². The molecule has 0 heterocycles. The van der Waals surface area contributed by atoms with Crippen molar-refractivity contribution < 1.29 is 5.11 Å². The van der Waals surface area contributed by atoms with Gasteiger partial charge in [0.05, 0.1) is 6.10 Å². The van der Waals surface area contributed by atoms with Crippen LogP contribution in [0.3, 0.4) is 0 Å². The zero-order chi connectivity index (χ0) is 11.1. The number of hydrogen-bond acceptors (Lipinski definition) is 1. The molecule has 0 aromatic heterocycles. The molecule has 0 bridgehead atoms. The first-order valence-corrected chi connectivity index (χ1v) is 5.62. The van der Waals surface area contributed by atoms with Gasteiger partial charge in [-0.1, -0.05) is 49.8 Å².